The van der Waals surface area contributed by atoms with Crippen molar-refractivity contribution in [1.29, 1.82) is 0 Å². The number of rotatable bonds is 12. The molecule has 4 aromatic heterocycles. The normalized spacial score (nSPS) is 13.4. The summed E-state index contributed by atoms with van der Waals surface area (Å²) in [7, 11) is 0. The number of carbonyl (C=O) groups is 3. The Bertz CT molecular complexity index is 4190. The van der Waals surface area contributed by atoms with E-state index in [1.54, 1.807) is 32.3 Å². The van der Waals surface area contributed by atoms with Crippen molar-refractivity contribution >= 4 is 17.9 Å². The molecule has 4 aliphatic rings. The number of carboxylic acids is 1. The molecule has 4 aliphatic heterocycles. The molecule has 16 nitrogen and oxygen atoms in total. The topological polar surface area (TPSA) is 196 Å². The number of aromatic carboxylic acids is 1. The Morgan fingerprint density at radius 3 is 1.82 bits per heavy atom. The van der Waals surface area contributed by atoms with Crippen molar-refractivity contribution in [2.75, 3.05) is 13.2 Å². The fourth-order valence-corrected chi connectivity index (χ4v) is 11.2. The van der Waals surface area contributed by atoms with Crippen LogP contribution in [0.2, 0.25) is 0 Å². The van der Waals surface area contributed by atoms with Crippen LogP contribution in [0.25, 0.3) is 50.8 Å². The quantitative estimate of drug-likeness (QED) is 0.113. The Morgan fingerprint density at radius 1 is 0.562 bits per heavy atom. The summed E-state index contributed by atoms with van der Waals surface area (Å²) in [6.07, 6.45) is 13.7. The number of hydrogen-bond acceptors (Lipinski definition) is 13. The van der Waals surface area contributed by atoms with Crippen LogP contribution >= 0.6 is 0 Å². The molecule has 0 fully saturated rings. The minimum atomic E-state index is -1.20. The molecular weight excluding hydrogens is 1200 g/mol. The molecule has 10 aromatic rings. The van der Waals surface area contributed by atoms with E-state index in [0.29, 0.717) is 29.1 Å². The standard InChI is InChI=1S/C46H50N6O6.C33H36N2O2.CH4/c1-28(2)58-44(56)41(18-30-13-11-10-12-14-30)52-26-40(48-50-52)38-16-15-31(17-29(38)3)27-57-43(55)34-19-33(42(53)54)22-37(23-34)51-25-39(47-49-51)32-20-35(45(4,5)6)24-36(21-32)46(7,8)9;1-2-4-6-25-37-30-22-18-27(19-23-30)31-13-9-15-33(35-31)32-14-8-12-28(34-32)11-7-10-26-16-20-29(21-17-26)36-24-5-3-1;/h10-17,19-26,28,41H,18,27H2,1-9H3,(H,53,54);8-9,12-23H,1-7,10-11,24-25H2;1H4/t41-;;/m0../s1. The zero-order valence-corrected chi connectivity index (χ0v) is 56.1. The number of carboxylic acid groups (broad SMARTS) is 1. The predicted molar refractivity (Wildman–Crippen MR) is 378 cm³/mol. The molecule has 0 radical (unpaired) electrons. The molecule has 498 valence electrons. The van der Waals surface area contributed by atoms with Gasteiger partial charge in [-0.3, -0.25) is 4.98 Å². The van der Waals surface area contributed by atoms with E-state index in [9.17, 15) is 19.5 Å². The van der Waals surface area contributed by atoms with Gasteiger partial charge in [-0.05, 0) is 188 Å². The van der Waals surface area contributed by atoms with E-state index >= 15 is 0 Å². The fourth-order valence-electron chi connectivity index (χ4n) is 11.2. The number of esters is 2. The highest BCUT2D eigenvalue weighted by Gasteiger charge is 2.27. The Labute approximate surface area is 565 Å². The average Bonchev–Trinajstić information content (AvgIpc) is 1.41. The monoisotopic (exact) mass is 1290 g/mol. The smallest absolute Gasteiger partial charge is 0.338 e. The number of ether oxygens (including phenoxy) is 4. The molecule has 8 bridgehead atoms. The summed E-state index contributed by atoms with van der Waals surface area (Å²) >= 11 is 0. The number of carbonyl (C=O) groups excluding carboxylic acids is 2. The van der Waals surface area contributed by atoms with Gasteiger partial charge in [0.05, 0.1) is 65.6 Å². The van der Waals surface area contributed by atoms with Crippen molar-refractivity contribution in [3.63, 3.8) is 0 Å². The number of nitrogens with zero attached hydrogens (tertiary/aromatic N) is 8. The summed E-state index contributed by atoms with van der Waals surface area (Å²) in [4.78, 5) is 48.6. The third-order valence-electron chi connectivity index (χ3n) is 16.6. The summed E-state index contributed by atoms with van der Waals surface area (Å²) in [5.74, 6) is -0.408. The van der Waals surface area contributed by atoms with E-state index in [1.807, 2.05) is 79.7 Å². The molecule has 1 atom stereocenters. The van der Waals surface area contributed by atoms with Crippen molar-refractivity contribution in [2.45, 2.75) is 164 Å². The first-order valence-corrected chi connectivity index (χ1v) is 33.0. The van der Waals surface area contributed by atoms with E-state index < -0.39 is 23.9 Å². The van der Waals surface area contributed by atoms with Crippen LogP contribution in [0.15, 0.2) is 182 Å². The van der Waals surface area contributed by atoms with Crippen molar-refractivity contribution in [1.82, 2.24) is 40.0 Å². The van der Waals surface area contributed by atoms with Crippen molar-refractivity contribution in [3.05, 3.63) is 232 Å². The SMILES string of the molecule is C.Cc1cc(COC(=O)c2cc(C(=O)O)cc(-n3cc(-c4cc(C(C)(C)C)cc(C(C)(C)C)c4)nn3)c2)ccc1-c1cn([C@@H](Cc2ccccc2)C(=O)OC(C)C)nn1.c1cc2nc(c1)-c1cccc(n1)-c1ccc(cc1)OCCCCCCCCOc1ccc(cc1)CCC2. The predicted octanol–water partition coefficient (Wildman–Crippen LogP) is 17.6. The largest absolute Gasteiger partial charge is 0.494 e. The molecule has 14 rings (SSSR count). The molecule has 0 spiro atoms. The molecule has 1 N–H and O–H groups in total. The van der Waals surface area contributed by atoms with Crippen LogP contribution in [0.5, 0.6) is 11.5 Å². The van der Waals surface area contributed by atoms with Gasteiger partial charge in [0.15, 0.2) is 6.04 Å². The third-order valence-corrected chi connectivity index (χ3v) is 16.6. The maximum atomic E-state index is 13.4. The molecule has 8 heterocycles. The van der Waals surface area contributed by atoms with Crippen LogP contribution in [0.1, 0.15) is 174 Å². The lowest BCUT2D eigenvalue weighted by Crippen LogP contribution is -2.26. The van der Waals surface area contributed by atoms with Crippen molar-refractivity contribution < 1.29 is 38.4 Å². The van der Waals surface area contributed by atoms with Gasteiger partial charge in [-0.2, -0.15) is 0 Å². The first-order chi connectivity index (χ1) is 45.7. The van der Waals surface area contributed by atoms with E-state index in [1.165, 1.54) is 52.7 Å². The van der Waals surface area contributed by atoms with Crippen LogP contribution in [0.3, 0.4) is 0 Å². The summed E-state index contributed by atoms with van der Waals surface area (Å²) in [6, 6.07) is 54.5. The lowest BCUT2D eigenvalue weighted by molar-refractivity contribution is -0.151. The lowest BCUT2D eigenvalue weighted by Gasteiger charge is -2.26. The maximum absolute atomic E-state index is 13.4. The molecular formula is C80H90N8O8. The molecule has 0 amide bonds. The highest BCUT2D eigenvalue weighted by molar-refractivity contribution is 5.95. The Kier molecular flexibility index (Phi) is 23.7. The summed E-state index contributed by atoms with van der Waals surface area (Å²) in [5.41, 5.74) is 14.1. The van der Waals surface area contributed by atoms with E-state index in [0.717, 1.165) is 119 Å². The van der Waals surface area contributed by atoms with Gasteiger partial charge in [0.1, 0.15) is 29.5 Å². The van der Waals surface area contributed by atoms with Crippen molar-refractivity contribution in [2.24, 2.45) is 0 Å². The number of pyridine rings is 2. The zero-order chi connectivity index (χ0) is 67.1. The third kappa shape index (κ3) is 19.3. The molecule has 16 heteroatoms. The van der Waals surface area contributed by atoms with Crippen LogP contribution in [0.4, 0.5) is 0 Å². The Balaban J connectivity index is 0.000000245. The van der Waals surface area contributed by atoms with Crippen LogP contribution in [-0.2, 0) is 51.0 Å². The van der Waals surface area contributed by atoms with E-state index in [2.05, 4.69) is 141 Å². The lowest BCUT2D eigenvalue weighted by atomic mass is 9.79. The Morgan fingerprint density at radius 2 is 1.18 bits per heavy atom. The van der Waals surface area contributed by atoms with Crippen LogP contribution in [-0.4, -0.2) is 82.3 Å². The van der Waals surface area contributed by atoms with Gasteiger partial charge in [0, 0.05) is 28.8 Å². The molecule has 0 aliphatic carbocycles. The van der Waals surface area contributed by atoms with Gasteiger partial charge in [0.25, 0.3) is 0 Å². The molecule has 0 saturated carbocycles. The van der Waals surface area contributed by atoms with Gasteiger partial charge in [-0.25, -0.2) is 28.7 Å². The minimum absolute atomic E-state index is 0. The highest BCUT2D eigenvalue weighted by Crippen LogP contribution is 2.35. The minimum Gasteiger partial charge on any atom is -0.494 e. The number of hydrogen-bond donors (Lipinski definition) is 1. The highest BCUT2D eigenvalue weighted by atomic mass is 16.5. The van der Waals surface area contributed by atoms with Crippen molar-refractivity contribution in [3.8, 4) is 62.3 Å². The van der Waals surface area contributed by atoms with Gasteiger partial charge in [-0.1, -0.05) is 164 Å². The Hall–Kier alpha value is -10.1. The second kappa shape index (κ2) is 32.4. The number of aromatic nitrogens is 8. The second-order valence-electron chi connectivity index (χ2n) is 26.7. The summed E-state index contributed by atoms with van der Waals surface area (Å²) < 4.78 is 26.2. The van der Waals surface area contributed by atoms with Gasteiger partial charge >= 0.3 is 17.9 Å². The van der Waals surface area contributed by atoms with E-state index in [-0.39, 0.29) is 42.1 Å². The zero-order valence-electron chi connectivity index (χ0n) is 56.1. The first-order valence-electron chi connectivity index (χ1n) is 33.0. The number of aryl methyl sites for hydroxylation is 3. The maximum Gasteiger partial charge on any atom is 0.338 e. The van der Waals surface area contributed by atoms with Crippen LogP contribution in [0, 0.1) is 6.92 Å². The van der Waals surface area contributed by atoms with Gasteiger partial charge in [0.2, 0.25) is 0 Å². The summed E-state index contributed by atoms with van der Waals surface area (Å²) in [5, 5.41) is 27.4. The molecule has 96 heavy (non-hydrogen) atoms. The number of benzene rings is 6. The summed E-state index contributed by atoms with van der Waals surface area (Å²) in [6.45, 7) is 20.0. The molecule has 0 unspecified atom stereocenters. The average molecular weight is 1290 g/mol. The fraction of sp³-hybridized carbons (Fsp3) is 0.338. The van der Waals surface area contributed by atoms with Gasteiger partial charge in [-0.15, -0.1) is 10.2 Å². The second-order valence-corrected chi connectivity index (χ2v) is 26.7. The van der Waals surface area contributed by atoms with Gasteiger partial charge < -0.3 is 24.1 Å². The molecule has 0 saturated heterocycles. The molecule has 6 aromatic carbocycles. The van der Waals surface area contributed by atoms with E-state index in [4.69, 9.17) is 28.9 Å². The first kappa shape index (κ1) is 70.2. The van der Waals surface area contributed by atoms with Crippen LogP contribution < -0.4 is 9.47 Å².